The number of amides is 2. The Morgan fingerprint density at radius 2 is 2.17 bits per heavy atom. The van der Waals surface area contributed by atoms with Crippen molar-refractivity contribution in [3.63, 3.8) is 0 Å². The van der Waals surface area contributed by atoms with Gasteiger partial charge >= 0.3 is 0 Å². The Hall–Kier alpha value is -1.63. The van der Waals surface area contributed by atoms with E-state index in [9.17, 15) is 9.59 Å². The Balaban J connectivity index is 0.00000288. The molecule has 4 N–H and O–H groups in total. The number of benzene rings is 1. The second kappa shape index (κ2) is 10.3. The van der Waals surface area contributed by atoms with Crippen molar-refractivity contribution in [2.24, 2.45) is 11.7 Å². The lowest BCUT2D eigenvalue weighted by Gasteiger charge is -2.12. The molecule has 1 fully saturated rings. The highest BCUT2D eigenvalue weighted by Gasteiger charge is 2.17. The van der Waals surface area contributed by atoms with Crippen LogP contribution >= 0.6 is 12.4 Å². The van der Waals surface area contributed by atoms with Crippen LogP contribution in [0.4, 0.5) is 0 Å². The van der Waals surface area contributed by atoms with Crippen LogP contribution in [0.3, 0.4) is 0 Å². The number of carbonyl (C=O) groups is 2. The van der Waals surface area contributed by atoms with Crippen LogP contribution in [-0.2, 0) is 16.1 Å². The van der Waals surface area contributed by atoms with E-state index in [0.717, 1.165) is 25.0 Å². The van der Waals surface area contributed by atoms with Crippen molar-refractivity contribution in [2.75, 3.05) is 19.7 Å². The smallest absolute Gasteiger partial charge is 0.251 e. The maximum absolute atomic E-state index is 12.2. The van der Waals surface area contributed by atoms with Crippen molar-refractivity contribution in [1.29, 1.82) is 0 Å². The highest BCUT2D eigenvalue weighted by molar-refractivity contribution is 5.94. The van der Waals surface area contributed by atoms with Crippen LogP contribution < -0.4 is 16.4 Å². The molecule has 0 aliphatic carbocycles. The molecule has 7 heteroatoms. The molecule has 0 aromatic heterocycles. The molecule has 1 aromatic carbocycles. The van der Waals surface area contributed by atoms with E-state index in [-0.39, 0.29) is 36.2 Å². The number of ether oxygens (including phenoxy) is 1. The van der Waals surface area contributed by atoms with Crippen LogP contribution in [0.2, 0.25) is 0 Å². The summed E-state index contributed by atoms with van der Waals surface area (Å²) in [6, 6.07) is 7.25. The molecule has 134 valence electrons. The molecule has 1 aliphatic heterocycles. The first-order valence-electron chi connectivity index (χ1n) is 8.06. The minimum absolute atomic E-state index is 0. The van der Waals surface area contributed by atoms with E-state index in [1.165, 1.54) is 0 Å². The molecular weight excluding hydrogens is 330 g/mol. The molecule has 1 aliphatic rings. The summed E-state index contributed by atoms with van der Waals surface area (Å²) in [4.78, 5) is 23.9. The Morgan fingerprint density at radius 3 is 2.83 bits per heavy atom. The molecule has 0 saturated carbocycles. The zero-order valence-corrected chi connectivity index (χ0v) is 14.7. The van der Waals surface area contributed by atoms with Crippen molar-refractivity contribution in [1.82, 2.24) is 10.6 Å². The highest BCUT2D eigenvalue weighted by Crippen LogP contribution is 2.11. The lowest BCUT2D eigenvalue weighted by atomic mass is 10.1. The normalized spacial score (nSPS) is 17.7. The lowest BCUT2D eigenvalue weighted by Crippen LogP contribution is -2.33. The zero-order chi connectivity index (χ0) is 16.7. The third-order valence-corrected chi connectivity index (χ3v) is 3.97. The summed E-state index contributed by atoms with van der Waals surface area (Å²) in [6.07, 6.45) is 2.17. The molecule has 2 atom stereocenters. The molecule has 0 radical (unpaired) electrons. The average Bonchev–Trinajstić information content (AvgIpc) is 3.10. The fraction of sp³-hybridized carbons (Fsp3) is 0.529. The Morgan fingerprint density at radius 1 is 1.38 bits per heavy atom. The molecule has 1 aromatic rings. The molecule has 2 unspecified atom stereocenters. The number of nitrogens with two attached hydrogens (primary N) is 1. The number of nitrogens with one attached hydrogen (secondary N) is 2. The third-order valence-electron chi connectivity index (χ3n) is 3.97. The SMILES string of the molecule is CC(CN)C(=O)NCc1cccc(C(=O)NCC2CCCO2)c1.Cl. The molecule has 2 rings (SSSR count). The van der Waals surface area contributed by atoms with E-state index >= 15 is 0 Å². The van der Waals surface area contributed by atoms with Gasteiger partial charge in [-0.3, -0.25) is 9.59 Å². The number of rotatable bonds is 7. The molecule has 2 amide bonds. The maximum Gasteiger partial charge on any atom is 0.251 e. The van der Waals surface area contributed by atoms with Crippen LogP contribution in [0.15, 0.2) is 24.3 Å². The first-order chi connectivity index (χ1) is 11.1. The average molecular weight is 356 g/mol. The summed E-state index contributed by atoms with van der Waals surface area (Å²) < 4.78 is 5.49. The van der Waals surface area contributed by atoms with E-state index < -0.39 is 0 Å². The van der Waals surface area contributed by atoms with Gasteiger partial charge in [0, 0.05) is 37.7 Å². The fourth-order valence-corrected chi connectivity index (χ4v) is 2.41. The predicted molar refractivity (Wildman–Crippen MR) is 95.1 cm³/mol. The summed E-state index contributed by atoms with van der Waals surface area (Å²) >= 11 is 0. The minimum Gasteiger partial charge on any atom is -0.376 e. The van der Waals surface area contributed by atoms with Crippen molar-refractivity contribution in [3.05, 3.63) is 35.4 Å². The van der Waals surface area contributed by atoms with Gasteiger partial charge in [0.15, 0.2) is 0 Å². The van der Waals surface area contributed by atoms with Crippen LogP contribution in [-0.4, -0.2) is 37.6 Å². The van der Waals surface area contributed by atoms with Crippen molar-refractivity contribution in [3.8, 4) is 0 Å². The van der Waals surface area contributed by atoms with E-state index in [4.69, 9.17) is 10.5 Å². The van der Waals surface area contributed by atoms with Gasteiger partial charge in [0.25, 0.3) is 5.91 Å². The van der Waals surface area contributed by atoms with E-state index in [1.807, 2.05) is 12.1 Å². The van der Waals surface area contributed by atoms with Gasteiger partial charge in [0.1, 0.15) is 0 Å². The molecule has 1 saturated heterocycles. The van der Waals surface area contributed by atoms with Gasteiger partial charge in [-0.1, -0.05) is 19.1 Å². The van der Waals surface area contributed by atoms with E-state index in [2.05, 4.69) is 10.6 Å². The van der Waals surface area contributed by atoms with E-state index in [1.54, 1.807) is 19.1 Å². The van der Waals surface area contributed by atoms with Crippen LogP contribution in [0.1, 0.15) is 35.7 Å². The quantitative estimate of drug-likeness (QED) is 0.685. The number of halogens is 1. The monoisotopic (exact) mass is 355 g/mol. The third kappa shape index (κ3) is 6.11. The lowest BCUT2D eigenvalue weighted by molar-refractivity contribution is -0.124. The van der Waals surface area contributed by atoms with E-state index in [0.29, 0.717) is 25.2 Å². The second-order valence-corrected chi connectivity index (χ2v) is 5.90. The molecule has 6 nitrogen and oxygen atoms in total. The van der Waals surface area contributed by atoms with Gasteiger partial charge in [0.2, 0.25) is 5.91 Å². The van der Waals surface area contributed by atoms with Crippen molar-refractivity contribution < 1.29 is 14.3 Å². The fourth-order valence-electron chi connectivity index (χ4n) is 2.41. The Bertz CT molecular complexity index is 548. The van der Waals surface area contributed by atoms with Gasteiger partial charge in [-0.25, -0.2) is 0 Å². The first kappa shape index (κ1) is 20.4. The van der Waals surface area contributed by atoms with Gasteiger partial charge in [-0.2, -0.15) is 0 Å². The number of hydrogen-bond donors (Lipinski definition) is 3. The Kier molecular flexibility index (Phi) is 8.74. The standard InChI is InChI=1S/C17H25N3O3.ClH/c1-12(9-18)16(21)19-10-13-4-2-5-14(8-13)17(22)20-11-15-6-3-7-23-15;/h2,4-5,8,12,15H,3,6-7,9-11,18H2,1H3,(H,19,21)(H,20,22);1H. The number of hydrogen-bond acceptors (Lipinski definition) is 4. The summed E-state index contributed by atoms with van der Waals surface area (Å²) in [7, 11) is 0. The molecule has 1 heterocycles. The van der Waals surface area contributed by atoms with Gasteiger partial charge in [-0.15, -0.1) is 12.4 Å². The largest absolute Gasteiger partial charge is 0.376 e. The van der Waals surface area contributed by atoms with Gasteiger partial charge in [0.05, 0.1) is 6.10 Å². The predicted octanol–water partition coefficient (Wildman–Crippen LogP) is 1.23. The molecule has 0 bridgehead atoms. The summed E-state index contributed by atoms with van der Waals surface area (Å²) in [5.74, 6) is -0.419. The van der Waals surface area contributed by atoms with Crippen LogP contribution in [0.5, 0.6) is 0 Å². The summed E-state index contributed by atoms with van der Waals surface area (Å²) in [5.41, 5.74) is 6.93. The number of carbonyl (C=O) groups excluding carboxylic acids is 2. The zero-order valence-electron chi connectivity index (χ0n) is 13.9. The summed E-state index contributed by atoms with van der Waals surface area (Å²) in [5, 5.41) is 5.71. The Labute approximate surface area is 148 Å². The molecule has 24 heavy (non-hydrogen) atoms. The molecular formula is C17H26ClN3O3. The second-order valence-electron chi connectivity index (χ2n) is 5.90. The highest BCUT2D eigenvalue weighted by atomic mass is 35.5. The maximum atomic E-state index is 12.2. The van der Waals surface area contributed by atoms with Crippen molar-refractivity contribution >= 4 is 24.2 Å². The van der Waals surface area contributed by atoms with Crippen LogP contribution in [0.25, 0.3) is 0 Å². The minimum atomic E-state index is -0.215. The summed E-state index contributed by atoms with van der Waals surface area (Å²) in [6.45, 7) is 3.79. The van der Waals surface area contributed by atoms with Crippen LogP contribution in [0, 0.1) is 5.92 Å². The molecule has 0 spiro atoms. The van der Waals surface area contributed by atoms with Gasteiger partial charge in [-0.05, 0) is 30.5 Å². The van der Waals surface area contributed by atoms with Crippen molar-refractivity contribution in [2.45, 2.75) is 32.4 Å². The topological polar surface area (TPSA) is 93.5 Å². The van der Waals surface area contributed by atoms with Gasteiger partial charge < -0.3 is 21.1 Å². The first-order valence-corrected chi connectivity index (χ1v) is 8.06.